The first kappa shape index (κ1) is 12.9. The summed E-state index contributed by atoms with van der Waals surface area (Å²) in [5.41, 5.74) is 3.57. The number of aromatic nitrogens is 4. The molecule has 0 radical (unpaired) electrons. The van der Waals surface area contributed by atoms with Gasteiger partial charge in [0.1, 0.15) is 23.3 Å². The zero-order valence-corrected chi connectivity index (χ0v) is 11.7. The van der Waals surface area contributed by atoms with E-state index in [0.717, 1.165) is 35.9 Å². The van der Waals surface area contributed by atoms with Gasteiger partial charge >= 0.3 is 0 Å². The van der Waals surface area contributed by atoms with E-state index in [9.17, 15) is 0 Å². The van der Waals surface area contributed by atoms with Crippen LogP contribution in [0.3, 0.4) is 0 Å². The van der Waals surface area contributed by atoms with Crippen molar-refractivity contribution in [1.82, 2.24) is 19.5 Å². The van der Waals surface area contributed by atoms with Gasteiger partial charge in [0.2, 0.25) is 0 Å². The standard InChI is InChI=1S/C13H19N7/c1-8-11(16-7-10-15-5-6-20(10)2)17-13(9-3-4-9)18-12(8)19-14/h5-6,9H,3-4,7,14H2,1-2H3,(H2,16,17,18,19). The molecule has 1 aliphatic rings. The summed E-state index contributed by atoms with van der Waals surface area (Å²) in [6.45, 7) is 2.57. The van der Waals surface area contributed by atoms with Crippen molar-refractivity contribution in [3.8, 4) is 0 Å². The lowest BCUT2D eigenvalue weighted by molar-refractivity contribution is 0.807. The second-order valence-electron chi connectivity index (χ2n) is 5.13. The normalized spacial score (nSPS) is 14.3. The van der Waals surface area contributed by atoms with Gasteiger partial charge in [0, 0.05) is 30.9 Å². The number of rotatable bonds is 5. The third-order valence-corrected chi connectivity index (χ3v) is 3.58. The van der Waals surface area contributed by atoms with Gasteiger partial charge < -0.3 is 15.3 Å². The molecule has 0 saturated heterocycles. The largest absolute Gasteiger partial charge is 0.362 e. The van der Waals surface area contributed by atoms with Gasteiger partial charge in [-0.3, -0.25) is 0 Å². The van der Waals surface area contributed by atoms with Crippen molar-refractivity contribution < 1.29 is 0 Å². The van der Waals surface area contributed by atoms with Crippen molar-refractivity contribution in [3.63, 3.8) is 0 Å². The predicted octanol–water partition coefficient (Wildman–Crippen LogP) is 1.29. The van der Waals surface area contributed by atoms with E-state index in [1.54, 1.807) is 6.20 Å². The highest BCUT2D eigenvalue weighted by Gasteiger charge is 2.28. The van der Waals surface area contributed by atoms with Crippen LogP contribution in [0.5, 0.6) is 0 Å². The fraction of sp³-hybridized carbons (Fsp3) is 0.462. The number of imidazole rings is 1. The smallest absolute Gasteiger partial charge is 0.148 e. The lowest BCUT2D eigenvalue weighted by Gasteiger charge is -2.13. The molecule has 0 spiro atoms. The molecule has 0 unspecified atom stereocenters. The molecule has 0 aromatic carbocycles. The number of hydrazine groups is 1. The number of nitrogens with zero attached hydrogens (tertiary/aromatic N) is 4. The number of aryl methyl sites for hydroxylation is 1. The van der Waals surface area contributed by atoms with Crippen LogP contribution in [0.25, 0.3) is 0 Å². The van der Waals surface area contributed by atoms with E-state index in [1.807, 2.05) is 24.7 Å². The summed E-state index contributed by atoms with van der Waals surface area (Å²) >= 11 is 0. The maximum absolute atomic E-state index is 5.54. The minimum absolute atomic E-state index is 0.483. The van der Waals surface area contributed by atoms with E-state index >= 15 is 0 Å². The molecule has 20 heavy (non-hydrogen) atoms. The molecule has 1 fully saturated rings. The quantitative estimate of drug-likeness (QED) is 0.561. The fourth-order valence-corrected chi connectivity index (χ4v) is 2.10. The van der Waals surface area contributed by atoms with E-state index in [0.29, 0.717) is 18.3 Å². The number of nitrogens with one attached hydrogen (secondary N) is 2. The first-order valence-corrected chi connectivity index (χ1v) is 6.74. The highest BCUT2D eigenvalue weighted by atomic mass is 15.3. The average Bonchev–Trinajstić information content (AvgIpc) is 3.21. The summed E-state index contributed by atoms with van der Waals surface area (Å²) in [6.07, 6.45) is 6.02. The van der Waals surface area contributed by atoms with Crippen molar-refractivity contribution in [2.75, 3.05) is 10.7 Å². The maximum Gasteiger partial charge on any atom is 0.148 e. The fourth-order valence-electron chi connectivity index (χ4n) is 2.10. The lowest BCUT2D eigenvalue weighted by atomic mass is 10.3. The third-order valence-electron chi connectivity index (χ3n) is 3.58. The molecule has 0 atom stereocenters. The van der Waals surface area contributed by atoms with Crippen LogP contribution in [0.2, 0.25) is 0 Å². The Morgan fingerprint density at radius 1 is 1.35 bits per heavy atom. The molecule has 7 nitrogen and oxygen atoms in total. The Balaban J connectivity index is 1.84. The molecular weight excluding hydrogens is 254 g/mol. The molecule has 3 rings (SSSR count). The topological polar surface area (TPSA) is 93.7 Å². The number of anilines is 2. The zero-order chi connectivity index (χ0) is 14.1. The summed E-state index contributed by atoms with van der Waals surface area (Å²) in [6, 6.07) is 0. The van der Waals surface area contributed by atoms with Crippen LogP contribution in [-0.2, 0) is 13.6 Å². The minimum Gasteiger partial charge on any atom is -0.362 e. The summed E-state index contributed by atoms with van der Waals surface area (Å²) in [7, 11) is 1.97. The molecular formula is C13H19N7. The van der Waals surface area contributed by atoms with Crippen molar-refractivity contribution in [2.24, 2.45) is 12.9 Å². The summed E-state index contributed by atoms with van der Waals surface area (Å²) in [4.78, 5) is 13.4. The van der Waals surface area contributed by atoms with Crippen LogP contribution in [0.15, 0.2) is 12.4 Å². The summed E-state index contributed by atoms with van der Waals surface area (Å²) in [5.74, 6) is 9.35. The van der Waals surface area contributed by atoms with Crippen molar-refractivity contribution in [2.45, 2.75) is 32.2 Å². The third kappa shape index (κ3) is 2.44. The Labute approximate surface area is 117 Å². The van der Waals surface area contributed by atoms with Crippen LogP contribution < -0.4 is 16.6 Å². The molecule has 1 saturated carbocycles. The first-order chi connectivity index (χ1) is 9.69. The molecule has 2 aromatic heterocycles. The van der Waals surface area contributed by atoms with Crippen LogP contribution in [-0.4, -0.2) is 19.5 Å². The number of nitrogen functional groups attached to an aromatic ring is 1. The highest BCUT2D eigenvalue weighted by Crippen LogP contribution is 2.39. The van der Waals surface area contributed by atoms with Crippen LogP contribution >= 0.6 is 0 Å². The zero-order valence-electron chi connectivity index (χ0n) is 11.7. The van der Waals surface area contributed by atoms with E-state index in [-0.39, 0.29) is 0 Å². The summed E-state index contributed by atoms with van der Waals surface area (Å²) < 4.78 is 1.98. The van der Waals surface area contributed by atoms with Gasteiger partial charge in [0.05, 0.1) is 6.54 Å². The molecule has 106 valence electrons. The number of hydrogen-bond acceptors (Lipinski definition) is 6. The van der Waals surface area contributed by atoms with Crippen molar-refractivity contribution >= 4 is 11.6 Å². The lowest BCUT2D eigenvalue weighted by Crippen LogP contribution is -2.15. The van der Waals surface area contributed by atoms with E-state index in [1.165, 1.54) is 0 Å². The Hall–Kier alpha value is -2.15. The molecule has 0 aliphatic heterocycles. The van der Waals surface area contributed by atoms with Gasteiger partial charge in [-0.15, -0.1) is 0 Å². The van der Waals surface area contributed by atoms with E-state index in [2.05, 4.69) is 25.7 Å². The van der Waals surface area contributed by atoms with Gasteiger partial charge in [-0.05, 0) is 19.8 Å². The minimum atomic E-state index is 0.483. The van der Waals surface area contributed by atoms with Gasteiger partial charge in [-0.2, -0.15) is 0 Å². The molecule has 1 aliphatic carbocycles. The molecule has 0 amide bonds. The van der Waals surface area contributed by atoms with Crippen LogP contribution in [0, 0.1) is 6.92 Å². The van der Waals surface area contributed by atoms with Crippen LogP contribution in [0.4, 0.5) is 11.6 Å². The Bertz CT molecular complexity index is 615. The number of hydrogen-bond donors (Lipinski definition) is 3. The van der Waals surface area contributed by atoms with E-state index in [4.69, 9.17) is 5.84 Å². The van der Waals surface area contributed by atoms with Gasteiger partial charge in [-0.25, -0.2) is 20.8 Å². The molecule has 4 N–H and O–H groups in total. The molecule has 2 aromatic rings. The Morgan fingerprint density at radius 2 is 2.10 bits per heavy atom. The summed E-state index contributed by atoms with van der Waals surface area (Å²) in [5, 5.41) is 3.32. The van der Waals surface area contributed by atoms with Crippen molar-refractivity contribution in [3.05, 3.63) is 29.6 Å². The van der Waals surface area contributed by atoms with Gasteiger partial charge in [0.15, 0.2) is 0 Å². The predicted molar refractivity (Wildman–Crippen MR) is 77.1 cm³/mol. The Morgan fingerprint density at radius 3 is 2.70 bits per heavy atom. The first-order valence-electron chi connectivity index (χ1n) is 6.74. The monoisotopic (exact) mass is 273 g/mol. The second kappa shape index (κ2) is 5.09. The van der Waals surface area contributed by atoms with Gasteiger partial charge in [0.25, 0.3) is 0 Å². The second-order valence-corrected chi connectivity index (χ2v) is 5.13. The van der Waals surface area contributed by atoms with E-state index < -0.39 is 0 Å². The maximum atomic E-state index is 5.54. The highest BCUT2D eigenvalue weighted by molar-refractivity contribution is 5.57. The molecule has 2 heterocycles. The average molecular weight is 273 g/mol. The molecule has 0 bridgehead atoms. The van der Waals surface area contributed by atoms with Gasteiger partial charge in [-0.1, -0.05) is 0 Å². The Kier molecular flexibility index (Phi) is 3.27. The van der Waals surface area contributed by atoms with Crippen molar-refractivity contribution in [1.29, 1.82) is 0 Å². The molecule has 7 heteroatoms. The number of nitrogens with two attached hydrogens (primary N) is 1. The SMILES string of the molecule is Cc1c(NN)nc(C2CC2)nc1NCc1nccn1C. The van der Waals surface area contributed by atoms with Crippen LogP contribution in [0.1, 0.15) is 36.0 Å².